The van der Waals surface area contributed by atoms with Gasteiger partial charge in [-0.05, 0) is 32.6 Å². The molecule has 0 spiro atoms. The van der Waals surface area contributed by atoms with Crippen molar-refractivity contribution in [3.05, 3.63) is 17.5 Å². The number of aromatic nitrogens is 2. The summed E-state index contributed by atoms with van der Waals surface area (Å²) in [5.41, 5.74) is 0.919. The van der Waals surface area contributed by atoms with Crippen LogP contribution in [-0.2, 0) is 0 Å². The number of rotatable bonds is 3. The lowest BCUT2D eigenvalue weighted by Gasteiger charge is -2.09. The van der Waals surface area contributed by atoms with E-state index in [2.05, 4.69) is 12.0 Å². The first kappa shape index (κ1) is 9.24. The second-order valence-electron chi connectivity index (χ2n) is 3.99. The number of hydrogen-bond acceptors (Lipinski definition) is 2. The zero-order valence-corrected chi connectivity index (χ0v) is 8.40. The standard InChI is InChI=1S/C10H14N2O2/c1-6-9(10(13)14)5-12(11-6)7(2)8-3-4-8/h5,7-8H,3-4H2,1-2H3,(H,13,14). The number of carboxylic acids is 1. The average molecular weight is 194 g/mol. The average Bonchev–Trinajstić information content (AvgIpc) is 2.88. The number of nitrogens with zero attached hydrogens (tertiary/aromatic N) is 2. The Hall–Kier alpha value is -1.32. The molecule has 0 aromatic carbocycles. The van der Waals surface area contributed by atoms with E-state index in [9.17, 15) is 4.79 Å². The second kappa shape index (κ2) is 3.12. The van der Waals surface area contributed by atoms with Crippen molar-refractivity contribution < 1.29 is 9.90 Å². The summed E-state index contributed by atoms with van der Waals surface area (Å²) in [5.74, 6) is -0.201. The van der Waals surface area contributed by atoms with Crippen LogP contribution in [0.2, 0.25) is 0 Å². The van der Waals surface area contributed by atoms with Gasteiger partial charge in [-0.3, -0.25) is 4.68 Å². The normalized spacial score (nSPS) is 18.1. The van der Waals surface area contributed by atoms with Gasteiger partial charge in [0, 0.05) is 6.20 Å². The van der Waals surface area contributed by atoms with Gasteiger partial charge in [0.2, 0.25) is 0 Å². The molecule has 1 aliphatic carbocycles. The molecule has 4 nitrogen and oxygen atoms in total. The fourth-order valence-corrected chi connectivity index (χ4v) is 1.69. The van der Waals surface area contributed by atoms with E-state index in [1.54, 1.807) is 17.8 Å². The smallest absolute Gasteiger partial charge is 0.339 e. The van der Waals surface area contributed by atoms with E-state index in [0.717, 1.165) is 0 Å². The Balaban J connectivity index is 2.26. The Labute approximate surface area is 82.5 Å². The van der Waals surface area contributed by atoms with Crippen LogP contribution in [0.25, 0.3) is 0 Å². The van der Waals surface area contributed by atoms with Gasteiger partial charge in [-0.15, -0.1) is 0 Å². The van der Waals surface area contributed by atoms with Gasteiger partial charge in [0.1, 0.15) is 5.56 Å². The molecule has 14 heavy (non-hydrogen) atoms. The van der Waals surface area contributed by atoms with Crippen molar-refractivity contribution in [2.75, 3.05) is 0 Å². The molecule has 0 saturated heterocycles. The van der Waals surface area contributed by atoms with Crippen molar-refractivity contribution in [2.45, 2.75) is 32.7 Å². The van der Waals surface area contributed by atoms with E-state index in [1.165, 1.54) is 12.8 Å². The van der Waals surface area contributed by atoms with Crippen LogP contribution in [0.5, 0.6) is 0 Å². The monoisotopic (exact) mass is 194 g/mol. The minimum Gasteiger partial charge on any atom is -0.478 e. The van der Waals surface area contributed by atoms with Crippen LogP contribution >= 0.6 is 0 Å². The summed E-state index contributed by atoms with van der Waals surface area (Å²) >= 11 is 0. The summed E-state index contributed by atoms with van der Waals surface area (Å²) in [6.07, 6.45) is 4.12. The van der Waals surface area contributed by atoms with Crippen molar-refractivity contribution in [3.8, 4) is 0 Å². The summed E-state index contributed by atoms with van der Waals surface area (Å²) in [5, 5.41) is 13.1. The van der Waals surface area contributed by atoms with E-state index >= 15 is 0 Å². The van der Waals surface area contributed by atoms with Gasteiger partial charge in [0.05, 0.1) is 11.7 Å². The Morgan fingerprint density at radius 1 is 1.71 bits per heavy atom. The highest BCUT2D eigenvalue weighted by Gasteiger charge is 2.30. The molecule has 0 amide bonds. The molecule has 4 heteroatoms. The number of aromatic carboxylic acids is 1. The maximum Gasteiger partial charge on any atom is 0.339 e. The van der Waals surface area contributed by atoms with Crippen molar-refractivity contribution in [2.24, 2.45) is 5.92 Å². The number of carbonyl (C=O) groups is 1. The van der Waals surface area contributed by atoms with Crippen molar-refractivity contribution in [1.29, 1.82) is 0 Å². The number of hydrogen-bond donors (Lipinski definition) is 1. The maximum atomic E-state index is 10.8. The molecule has 1 aromatic heterocycles. The first-order valence-corrected chi connectivity index (χ1v) is 4.88. The molecule has 1 aromatic rings. The molecular weight excluding hydrogens is 180 g/mol. The van der Waals surface area contributed by atoms with Crippen LogP contribution in [0.4, 0.5) is 0 Å². The summed E-state index contributed by atoms with van der Waals surface area (Å²) in [6, 6.07) is 0.335. The molecule has 0 bridgehead atoms. The largest absolute Gasteiger partial charge is 0.478 e. The summed E-state index contributed by atoms with van der Waals surface area (Å²) in [7, 11) is 0. The van der Waals surface area contributed by atoms with Crippen LogP contribution in [0.3, 0.4) is 0 Å². The predicted octanol–water partition coefficient (Wildman–Crippen LogP) is 1.86. The SMILES string of the molecule is Cc1nn(C(C)C2CC2)cc1C(=O)O. The molecule has 1 heterocycles. The first-order chi connectivity index (χ1) is 6.59. The molecule has 1 N–H and O–H groups in total. The fraction of sp³-hybridized carbons (Fsp3) is 0.600. The summed E-state index contributed by atoms with van der Waals surface area (Å²) < 4.78 is 1.79. The lowest BCUT2D eigenvalue weighted by atomic mass is 10.2. The van der Waals surface area contributed by atoms with Crippen LogP contribution in [0.15, 0.2) is 6.20 Å². The molecule has 1 atom stereocenters. The van der Waals surface area contributed by atoms with Crippen LogP contribution in [0, 0.1) is 12.8 Å². The lowest BCUT2D eigenvalue weighted by molar-refractivity contribution is 0.0696. The van der Waals surface area contributed by atoms with Gasteiger partial charge >= 0.3 is 5.97 Å². The molecule has 0 aliphatic heterocycles. The minimum absolute atomic E-state index is 0.317. The zero-order chi connectivity index (χ0) is 10.3. The Morgan fingerprint density at radius 3 is 2.79 bits per heavy atom. The van der Waals surface area contributed by atoms with Gasteiger partial charge in [-0.2, -0.15) is 5.10 Å². The topological polar surface area (TPSA) is 55.1 Å². The molecule has 1 fully saturated rings. The quantitative estimate of drug-likeness (QED) is 0.799. The Morgan fingerprint density at radius 2 is 2.36 bits per heavy atom. The summed E-state index contributed by atoms with van der Waals surface area (Å²) in [6.45, 7) is 3.83. The van der Waals surface area contributed by atoms with Crippen LogP contribution in [-0.4, -0.2) is 20.9 Å². The van der Waals surface area contributed by atoms with Gasteiger partial charge in [-0.1, -0.05) is 0 Å². The zero-order valence-electron chi connectivity index (χ0n) is 8.40. The van der Waals surface area contributed by atoms with Gasteiger partial charge in [-0.25, -0.2) is 4.79 Å². The molecule has 1 saturated carbocycles. The van der Waals surface area contributed by atoms with Crippen LogP contribution < -0.4 is 0 Å². The van der Waals surface area contributed by atoms with Gasteiger partial charge < -0.3 is 5.11 Å². The van der Waals surface area contributed by atoms with Crippen molar-refractivity contribution in [1.82, 2.24) is 9.78 Å². The van der Waals surface area contributed by atoms with Crippen molar-refractivity contribution >= 4 is 5.97 Å². The second-order valence-corrected chi connectivity index (χ2v) is 3.99. The number of carboxylic acid groups (broad SMARTS) is 1. The van der Waals surface area contributed by atoms with E-state index in [1.807, 2.05) is 0 Å². The van der Waals surface area contributed by atoms with Gasteiger partial charge in [0.15, 0.2) is 0 Å². The van der Waals surface area contributed by atoms with Gasteiger partial charge in [0.25, 0.3) is 0 Å². The van der Waals surface area contributed by atoms with E-state index in [4.69, 9.17) is 5.11 Å². The van der Waals surface area contributed by atoms with E-state index in [-0.39, 0.29) is 0 Å². The maximum absolute atomic E-state index is 10.8. The number of aryl methyl sites for hydroxylation is 1. The third-order valence-electron chi connectivity index (χ3n) is 2.87. The highest BCUT2D eigenvalue weighted by atomic mass is 16.4. The first-order valence-electron chi connectivity index (χ1n) is 4.88. The fourth-order valence-electron chi connectivity index (χ4n) is 1.69. The molecular formula is C10H14N2O2. The third kappa shape index (κ3) is 1.52. The lowest BCUT2D eigenvalue weighted by Crippen LogP contribution is -2.07. The molecule has 1 unspecified atom stereocenters. The third-order valence-corrected chi connectivity index (χ3v) is 2.87. The molecule has 1 aliphatic rings. The Kier molecular flexibility index (Phi) is 2.06. The highest BCUT2D eigenvalue weighted by molar-refractivity contribution is 5.88. The Bertz CT molecular complexity index is 366. The highest BCUT2D eigenvalue weighted by Crippen LogP contribution is 2.39. The van der Waals surface area contributed by atoms with Crippen LogP contribution in [0.1, 0.15) is 41.9 Å². The molecule has 76 valence electrons. The van der Waals surface area contributed by atoms with E-state index < -0.39 is 5.97 Å². The molecule has 2 rings (SSSR count). The molecule has 0 radical (unpaired) electrons. The predicted molar refractivity (Wildman–Crippen MR) is 51.4 cm³/mol. The summed E-state index contributed by atoms with van der Waals surface area (Å²) in [4.78, 5) is 10.8. The van der Waals surface area contributed by atoms with Crippen molar-refractivity contribution in [3.63, 3.8) is 0 Å². The minimum atomic E-state index is -0.892. The van der Waals surface area contributed by atoms with E-state index in [0.29, 0.717) is 23.2 Å².